The summed E-state index contributed by atoms with van der Waals surface area (Å²) >= 11 is 0. The minimum absolute atomic E-state index is 0.187. The lowest BCUT2D eigenvalue weighted by molar-refractivity contribution is 0.475. The molecule has 0 saturated heterocycles. The van der Waals surface area contributed by atoms with E-state index in [2.05, 4.69) is 15.3 Å². The molecule has 1 heterocycles. The zero-order chi connectivity index (χ0) is 16.4. The van der Waals surface area contributed by atoms with Crippen molar-refractivity contribution in [1.29, 1.82) is 0 Å². The number of nitrogens with zero attached hydrogens (tertiary/aromatic N) is 4. The minimum Gasteiger partial charge on any atom is -0.507 e. The first-order valence-corrected chi connectivity index (χ1v) is 7.53. The van der Waals surface area contributed by atoms with Crippen molar-refractivity contribution in [3.8, 4) is 17.1 Å². The third kappa shape index (κ3) is 2.52. The number of benzene rings is 3. The lowest BCUT2D eigenvalue weighted by atomic mass is 10.0. The highest BCUT2D eigenvalue weighted by molar-refractivity contribution is 6.02. The van der Waals surface area contributed by atoms with Gasteiger partial charge in [-0.2, -0.15) is 9.78 Å². The molecular formula is C19H14N4O. The van der Waals surface area contributed by atoms with Crippen LogP contribution in [0.1, 0.15) is 5.56 Å². The van der Waals surface area contributed by atoms with Crippen molar-refractivity contribution < 1.29 is 5.11 Å². The van der Waals surface area contributed by atoms with E-state index in [-0.39, 0.29) is 5.75 Å². The van der Waals surface area contributed by atoms with Crippen LogP contribution < -0.4 is 0 Å². The highest BCUT2D eigenvalue weighted by Gasteiger charge is 2.07. The predicted molar refractivity (Wildman–Crippen MR) is 94.1 cm³/mol. The first-order chi connectivity index (χ1) is 11.8. The third-order valence-corrected chi connectivity index (χ3v) is 3.82. The van der Waals surface area contributed by atoms with E-state index in [1.807, 2.05) is 60.7 Å². The summed E-state index contributed by atoms with van der Waals surface area (Å²) in [6.45, 7) is 0. The lowest BCUT2D eigenvalue weighted by Gasteiger charge is -2.05. The number of fused-ring (bicyclic) bond motifs is 1. The average Bonchev–Trinajstić information content (AvgIpc) is 3.10. The van der Waals surface area contributed by atoms with E-state index >= 15 is 0 Å². The second kappa shape index (κ2) is 5.96. The Hall–Kier alpha value is -3.47. The van der Waals surface area contributed by atoms with E-state index in [4.69, 9.17) is 0 Å². The molecule has 4 rings (SSSR count). The first kappa shape index (κ1) is 14.1. The van der Waals surface area contributed by atoms with Gasteiger partial charge in [0, 0.05) is 11.1 Å². The molecule has 0 atom stereocenters. The van der Waals surface area contributed by atoms with Gasteiger partial charge in [0.1, 0.15) is 12.1 Å². The lowest BCUT2D eigenvalue weighted by Crippen LogP contribution is -1.94. The molecule has 3 aromatic carbocycles. The zero-order valence-corrected chi connectivity index (χ0v) is 12.7. The van der Waals surface area contributed by atoms with Gasteiger partial charge in [-0.15, -0.1) is 10.2 Å². The molecule has 5 heteroatoms. The number of phenolic OH excluding ortho intramolecular Hbond substituents is 1. The highest BCUT2D eigenvalue weighted by atomic mass is 16.3. The standard InChI is InChI=1S/C19H14N4O/c24-18-11-10-14-6-4-5-9-16(14)17(18)12-21-23-13-20-22-19(23)15-7-2-1-3-8-15/h1-13,24H/b21-12+. The van der Waals surface area contributed by atoms with E-state index in [0.29, 0.717) is 11.4 Å². The van der Waals surface area contributed by atoms with Crippen LogP contribution in [0.2, 0.25) is 0 Å². The molecule has 1 aromatic heterocycles. The first-order valence-electron chi connectivity index (χ1n) is 7.53. The Labute approximate surface area is 138 Å². The van der Waals surface area contributed by atoms with Gasteiger partial charge in [-0.05, 0) is 16.8 Å². The van der Waals surface area contributed by atoms with Crippen molar-refractivity contribution in [3.63, 3.8) is 0 Å². The summed E-state index contributed by atoms with van der Waals surface area (Å²) in [6, 6.07) is 21.1. The number of hydrogen-bond donors (Lipinski definition) is 1. The maximum Gasteiger partial charge on any atom is 0.184 e. The molecule has 24 heavy (non-hydrogen) atoms. The maximum atomic E-state index is 10.2. The Morgan fingerprint density at radius 3 is 2.58 bits per heavy atom. The summed E-state index contributed by atoms with van der Waals surface area (Å²) in [4.78, 5) is 0. The van der Waals surface area contributed by atoms with E-state index in [9.17, 15) is 5.11 Å². The van der Waals surface area contributed by atoms with Crippen LogP contribution in [0, 0.1) is 0 Å². The highest BCUT2D eigenvalue weighted by Crippen LogP contribution is 2.25. The molecule has 0 unspecified atom stereocenters. The second-order valence-corrected chi connectivity index (χ2v) is 5.33. The molecule has 0 amide bonds. The topological polar surface area (TPSA) is 63.3 Å². The van der Waals surface area contributed by atoms with Crippen molar-refractivity contribution in [2.45, 2.75) is 0 Å². The molecule has 5 nitrogen and oxygen atoms in total. The Kier molecular flexibility index (Phi) is 3.51. The van der Waals surface area contributed by atoms with Crippen LogP contribution in [-0.4, -0.2) is 26.2 Å². The van der Waals surface area contributed by atoms with Gasteiger partial charge in [-0.1, -0.05) is 60.7 Å². The van der Waals surface area contributed by atoms with Crippen LogP contribution in [0.3, 0.4) is 0 Å². The van der Waals surface area contributed by atoms with Crippen LogP contribution in [-0.2, 0) is 0 Å². The number of aromatic nitrogens is 3. The van der Waals surface area contributed by atoms with Crippen LogP contribution >= 0.6 is 0 Å². The van der Waals surface area contributed by atoms with Crippen LogP contribution in [0.4, 0.5) is 0 Å². The number of rotatable bonds is 3. The summed E-state index contributed by atoms with van der Waals surface area (Å²) in [5, 5.41) is 24.7. The van der Waals surface area contributed by atoms with Crippen LogP contribution in [0.25, 0.3) is 22.2 Å². The van der Waals surface area contributed by atoms with Gasteiger partial charge in [-0.25, -0.2) is 0 Å². The maximum absolute atomic E-state index is 10.2. The quantitative estimate of drug-likeness (QED) is 0.587. The largest absolute Gasteiger partial charge is 0.507 e. The van der Waals surface area contributed by atoms with Crippen molar-refractivity contribution >= 4 is 17.0 Å². The third-order valence-electron chi connectivity index (χ3n) is 3.82. The van der Waals surface area contributed by atoms with Gasteiger partial charge >= 0.3 is 0 Å². The Balaban J connectivity index is 1.78. The molecular weight excluding hydrogens is 300 g/mol. The van der Waals surface area contributed by atoms with E-state index in [1.165, 1.54) is 0 Å². The summed E-state index contributed by atoms with van der Waals surface area (Å²) in [6.07, 6.45) is 3.18. The SMILES string of the molecule is Oc1ccc2ccccc2c1/C=N/n1cnnc1-c1ccccc1. The molecule has 0 saturated carbocycles. The van der Waals surface area contributed by atoms with E-state index in [1.54, 1.807) is 23.3 Å². The van der Waals surface area contributed by atoms with Gasteiger partial charge in [0.15, 0.2) is 5.82 Å². The number of aromatic hydroxyl groups is 1. The van der Waals surface area contributed by atoms with Crippen LogP contribution in [0.5, 0.6) is 5.75 Å². The smallest absolute Gasteiger partial charge is 0.184 e. The fourth-order valence-electron chi connectivity index (χ4n) is 2.63. The van der Waals surface area contributed by atoms with Gasteiger partial charge in [0.2, 0.25) is 0 Å². The number of phenols is 1. The molecule has 0 radical (unpaired) electrons. The zero-order valence-electron chi connectivity index (χ0n) is 12.7. The Bertz CT molecular complexity index is 1020. The van der Waals surface area contributed by atoms with Crippen LogP contribution in [0.15, 0.2) is 78.2 Å². The summed E-state index contributed by atoms with van der Waals surface area (Å²) in [7, 11) is 0. The van der Waals surface area contributed by atoms with E-state index < -0.39 is 0 Å². The number of hydrogen-bond acceptors (Lipinski definition) is 4. The van der Waals surface area contributed by atoms with Gasteiger partial charge in [0.05, 0.1) is 6.21 Å². The van der Waals surface area contributed by atoms with Crippen molar-refractivity contribution in [3.05, 3.63) is 78.6 Å². The molecule has 4 aromatic rings. The molecule has 1 N–H and O–H groups in total. The molecule has 116 valence electrons. The molecule has 0 fully saturated rings. The van der Waals surface area contributed by atoms with Gasteiger partial charge in [0.25, 0.3) is 0 Å². The monoisotopic (exact) mass is 314 g/mol. The van der Waals surface area contributed by atoms with E-state index in [0.717, 1.165) is 16.3 Å². The average molecular weight is 314 g/mol. The van der Waals surface area contributed by atoms with Crippen molar-refractivity contribution in [1.82, 2.24) is 14.9 Å². The fourth-order valence-corrected chi connectivity index (χ4v) is 2.63. The van der Waals surface area contributed by atoms with Crippen molar-refractivity contribution in [2.75, 3.05) is 0 Å². The summed E-state index contributed by atoms with van der Waals surface area (Å²) < 4.78 is 1.59. The fraction of sp³-hybridized carbons (Fsp3) is 0. The molecule has 0 aliphatic carbocycles. The second-order valence-electron chi connectivity index (χ2n) is 5.33. The molecule has 0 bridgehead atoms. The minimum atomic E-state index is 0.187. The normalized spacial score (nSPS) is 11.3. The Morgan fingerprint density at radius 1 is 0.917 bits per heavy atom. The Morgan fingerprint density at radius 2 is 1.71 bits per heavy atom. The summed E-state index contributed by atoms with van der Waals surface area (Å²) in [5.74, 6) is 0.832. The molecule has 0 aliphatic rings. The molecule has 0 spiro atoms. The predicted octanol–water partition coefficient (Wildman–Crippen LogP) is 3.69. The van der Waals surface area contributed by atoms with Gasteiger partial charge < -0.3 is 5.11 Å². The summed E-state index contributed by atoms with van der Waals surface area (Å²) in [5.41, 5.74) is 1.59. The van der Waals surface area contributed by atoms with Gasteiger partial charge in [-0.3, -0.25) is 0 Å². The van der Waals surface area contributed by atoms with Crippen molar-refractivity contribution in [2.24, 2.45) is 5.10 Å². The molecule has 0 aliphatic heterocycles.